The van der Waals surface area contributed by atoms with Gasteiger partial charge in [0.15, 0.2) is 0 Å². The number of sulfonamides is 1. The third-order valence-electron chi connectivity index (χ3n) is 2.46. The van der Waals surface area contributed by atoms with E-state index in [-0.39, 0.29) is 10.8 Å². The van der Waals surface area contributed by atoms with Crippen molar-refractivity contribution in [3.8, 4) is 10.6 Å². The van der Waals surface area contributed by atoms with E-state index in [9.17, 15) is 13.2 Å². The molecule has 106 valence electrons. The number of carbonyl (C=O) groups is 1. The van der Waals surface area contributed by atoms with Crippen LogP contribution in [0.1, 0.15) is 12.6 Å². The molecule has 20 heavy (non-hydrogen) atoms. The Kier molecular flexibility index (Phi) is 3.89. The lowest BCUT2D eigenvalue weighted by molar-refractivity contribution is -0.114. The fourth-order valence-electron chi connectivity index (χ4n) is 1.69. The molecule has 0 bridgehead atoms. The number of amides is 1. The molecular weight excluding hydrogens is 298 g/mol. The third-order valence-corrected chi connectivity index (χ3v) is 4.40. The Bertz CT molecular complexity index is 766. The van der Waals surface area contributed by atoms with Gasteiger partial charge in [-0.05, 0) is 25.1 Å². The zero-order valence-electron chi connectivity index (χ0n) is 10.9. The molecule has 0 fully saturated rings. The first kappa shape index (κ1) is 14.6. The van der Waals surface area contributed by atoms with Crippen molar-refractivity contribution in [1.29, 1.82) is 0 Å². The molecule has 2 rings (SSSR count). The molecule has 2 aromatic rings. The van der Waals surface area contributed by atoms with E-state index >= 15 is 0 Å². The predicted octanol–water partition coefficient (Wildman–Crippen LogP) is 1.72. The number of aryl methyl sites for hydroxylation is 1. The molecule has 0 saturated heterocycles. The van der Waals surface area contributed by atoms with E-state index in [0.717, 1.165) is 5.69 Å². The summed E-state index contributed by atoms with van der Waals surface area (Å²) in [4.78, 5) is 15.2. The van der Waals surface area contributed by atoms with E-state index in [0.29, 0.717) is 16.3 Å². The van der Waals surface area contributed by atoms with Gasteiger partial charge in [0.1, 0.15) is 5.01 Å². The van der Waals surface area contributed by atoms with Gasteiger partial charge < -0.3 is 5.32 Å². The number of hydrogen-bond donors (Lipinski definition) is 2. The number of nitrogens with two attached hydrogens (primary N) is 1. The molecule has 3 N–H and O–H groups in total. The van der Waals surface area contributed by atoms with Crippen molar-refractivity contribution in [3.05, 3.63) is 29.3 Å². The number of hydrogen-bond acceptors (Lipinski definition) is 5. The van der Waals surface area contributed by atoms with E-state index in [1.54, 1.807) is 12.1 Å². The van der Waals surface area contributed by atoms with Crippen molar-refractivity contribution in [3.63, 3.8) is 0 Å². The molecule has 8 heteroatoms. The lowest BCUT2D eigenvalue weighted by atomic mass is 10.2. The fraction of sp³-hybridized carbons (Fsp3) is 0.167. The Morgan fingerprint density at radius 1 is 1.40 bits per heavy atom. The van der Waals surface area contributed by atoms with Crippen molar-refractivity contribution >= 4 is 33.0 Å². The van der Waals surface area contributed by atoms with Crippen LogP contribution in [0.15, 0.2) is 28.5 Å². The molecule has 0 spiro atoms. The van der Waals surface area contributed by atoms with Gasteiger partial charge in [-0.2, -0.15) is 0 Å². The average Bonchev–Trinajstić information content (AvgIpc) is 2.74. The smallest absolute Gasteiger partial charge is 0.238 e. The van der Waals surface area contributed by atoms with Gasteiger partial charge in [-0.15, -0.1) is 11.3 Å². The van der Waals surface area contributed by atoms with Crippen LogP contribution in [-0.2, 0) is 14.8 Å². The van der Waals surface area contributed by atoms with E-state index < -0.39 is 10.0 Å². The molecule has 0 unspecified atom stereocenters. The highest BCUT2D eigenvalue weighted by atomic mass is 32.2. The summed E-state index contributed by atoms with van der Waals surface area (Å²) in [5.41, 5.74) is 1.61. The summed E-state index contributed by atoms with van der Waals surface area (Å²) in [5, 5.41) is 10.2. The Morgan fingerprint density at radius 3 is 2.60 bits per heavy atom. The summed E-state index contributed by atoms with van der Waals surface area (Å²) in [6, 6.07) is 4.54. The quantitative estimate of drug-likeness (QED) is 0.901. The minimum absolute atomic E-state index is 0.0573. The zero-order valence-corrected chi connectivity index (χ0v) is 12.5. The Morgan fingerprint density at radius 2 is 2.10 bits per heavy atom. The zero-order chi connectivity index (χ0) is 14.9. The number of aromatic nitrogens is 1. The van der Waals surface area contributed by atoms with Gasteiger partial charge in [-0.1, -0.05) is 0 Å². The molecule has 0 saturated carbocycles. The van der Waals surface area contributed by atoms with Crippen molar-refractivity contribution in [2.75, 3.05) is 5.32 Å². The fourth-order valence-corrected chi connectivity index (χ4v) is 3.36. The number of anilines is 1. The summed E-state index contributed by atoms with van der Waals surface area (Å²) in [5.74, 6) is -0.289. The summed E-state index contributed by atoms with van der Waals surface area (Å²) in [7, 11) is -3.92. The standard InChI is InChI=1S/C12H13N3O3S2/c1-7-6-19-12(14-7)10-4-3-9(15-8(2)16)5-11(10)20(13,17)18/h3-6H,1-2H3,(H,15,16)(H2,13,17,18). The second-order valence-corrected chi connectivity index (χ2v) is 6.62. The lowest BCUT2D eigenvalue weighted by Crippen LogP contribution is -2.14. The molecule has 6 nitrogen and oxygen atoms in total. The highest BCUT2D eigenvalue weighted by molar-refractivity contribution is 7.89. The maximum atomic E-state index is 11.7. The third kappa shape index (κ3) is 3.21. The van der Waals surface area contributed by atoms with Crippen molar-refractivity contribution < 1.29 is 13.2 Å². The minimum atomic E-state index is -3.92. The molecule has 1 aromatic carbocycles. The van der Waals surface area contributed by atoms with Crippen LogP contribution in [0.5, 0.6) is 0 Å². The second-order valence-electron chi connectivity index (χ2n) is 4.23. The molecular formula is C12H13N3O3S2. The van der Waals surface area contributed by atoms with Crippen LogP contribution in [0.25, 0.3) is 10.6 Å². The SMILES string of the molecule is CC(=O)Nc1ccc(-c2nc(C)cs2)c(S(N)(=O)=O)c1. The van der Waals surface area contributed by atoms with Crippen LogP contribution in [-0.4, -0.2) is 19.3 Å². The number of rotatable bonds is 3. The van der Waals surface area contributed by atoms with Crippen LogP contribution in [0.4, 0.5) is 5.69 Å². The van der Waals surface area contributed by atoms with Crippen LogP contribution >= 0.6 is 11.3 Å². The van der Waals surface area contributed by atoms with Crippen molar-refractivity contribution in [2.45, 2.75) is 18.7 Å². The maximum absolute atomic E-state index is 11.7. The van der Waals surface area contributed by atoms with E-state index in [4.69, 9.17) is 5.14 Å². The highest BCUT2D eigenvalue weighted by Crippen LogP contribution is 2.31. The Labute approximate surface area is 120 Å². The molecule has 0 atom stereocenters. The van der Waals surface area contributed by atoms with Crippen molar-refractivity contribution in [1.82, 2.24) is 4.98 Å². The average molecular weight is 311 g/mol. The normalized spacial score (nSPS) is 11.3. The second kappa shape index (κ2) is 5.31. The first-order valence-corrected chi connectivity index (χ1v) is 8.07. The van der Waals surface area contributed by atoms with E-state index in [1.165, 1.54) is 24.3 Å². The molecule has 1 heterocycles. The molecule has 0 aliphatic carbocycles. The number of nitrogens with one attached hydrogen (secondary N) is 1. The molecule has 0 aliphatic heterocycles. The van der Waals surface area contributed by atoms with Gasteiger partial charge in [0, 0.05) is 29.2 Å². The number of primary sulfonamides is 1. The van der Waals surface area contributed by atoms with Crippen LogP contribution in [0.3, 0.4) is 0 Å². The number of benzene rings is 1. The number of nitrogens with zero attached hydrogens (tertiary/aromatic N) is 1. The number of carbonyl (C=O) groups excluding carboxylic acids is 1. The summed E-state index contributed by atoms with van der Waals surface area (Å²) < 4.78 is 23.4. The monoisotopic (exact) mass is 311 g/mol. The summed E-state index contributed by atoms with van der Waals surface area (Å²) in [6.45, 7) is 3.16. The van der Waals surface area contributed by atoms with Gasteiger partial charge in [0.2, 0.25) is 15.9 Å². The Balaban J connectivity index is 2.60. The summed E-state index contributed by atoms with van der Waals surface area (Å²) in [6.07, 6.45) is 0. The first-order chi connectivity index (χ1) is 9.27. The lowest BCUT2D eigenvalue weighted by Gasteiger charge is -2.08. The molecule has 0 aliphatic rings. The van der Waals surface area contributed by atoms with Crippen LogP contribution in [0.2, 0.25) is 0 Å². The maximum Gasteiger partial charge on any atom is 0.238 e. The molecule has 1 aromatic heterocycles. The van der Waals surface area contributed by atoms with Gasteiger partial charge in [0.25, 0.3) is 0 Å². The van der Waals surface area contributed by atoms with Gasteiger partial charge in [0.05, 0.1) is 4.90 Å². The molecule has 1 amide bonds. The summed E-state index contributed by atoms with van der Waals surface area (Å²) >= 11 is 1.33. The molecule has 0 radical (unpaired) electrons. The minimum Gasteiger partial charge on any atom is -0.326 e. The van der Waals surface area contributed by atoms with Gasteiger partial charge in [-0.3, -0.25) is 4.79 Å². The number of thiazole rings is 1. The highest BCUT2D eigenvalue weighted by Gasteiger charge is 2.18. The van der Waals surface area contributed by atoms with E-state index in [2.05, 4.69) is 10.3 Å². The van der Waals surface area contributed by atoms with Crippen molar-refractivity contribution in [2.24, 2.45) is 5.14 Å². The van der Waals surface area contributed by atoms with Crippen LogP contribution < -0.4 is 10.5 Å². The van der Waals surface area contributed by atoms with Gasteiger partial charge >= 0.3 is 0 Å². The predicted molar refractivity (Wildman–Crippen MR) is 78.0 cm³/mol. The van der Waals surface area contributed by atoms with Gasteiger partial charge in [-0.25, -0.2) is 18.5 Å². The topological polar surface area (TPSA) is 102 Å². The first-order valence-electron chi connectivity index (χ1n) is 5.64. The van der Waals surface area contributed by atoms with Crippen LogP contribution in [0, 0.1) is 6.92 Å². The largest absolute Gasteiger partial charge is 0.326 e. The van der Waals surface area contributed by atoms with E-state index in [1.807, 2.05) is 12.3 Å². The Hall–Kier alpha value is -1.77.